The molecule has 5 nitrogen and oxygen atoms in total. The van der Waals surface area contributed by atoms with Crippen LogP contribution < -0.4 is 5.32 Å². The van der Waals surface area contributed by atoms with Gasteiger partial charge >= 0.3 is 5.97 Å². The summed E-state index contributed by atoms with van der Waals surface area (Å²) >= 11 is 9.33. The van der Waals surface area contributed by atoms with Gasteiger partial charge in [-0.2, -0.15) is 4.98 Å². The highest BCUT2D eigenvalue weighted by Gasteiger charge is 2.35. The molecule has 23 heavy (non-hydrogen) atoms. The summed E-state index contributed by atoms with van der Waals surface area (Å²) in [5.74, 6) is 0.515. The van der Waals surface area contributed by atoms with Gasteiger partial charge in [0.25, 0.3) is 0 Å². The van der Waals surface area contributed by atoms with Crippen LogP contribution in [-0.2, 0) is 9.53 Å². The molecule has 1 saturated carbocycles. The smallest absolute Gasteiger partial charge is 0.306 e. The standard InChI is InChI=1S/C16H23BrClN3O2/c1-15(2,3)23-12(22)6-9-16(7-4-5-8-16)21-13-11(17)10-19-14(18)20-13/h10H,4-9H2,1-3H3,(H,19,20,21). The first kappa shape index (κ1) is 18.5. The topological polar surface area (TPSA) is 64.1 Å². The van der Waals surface area contributed by atoms with Crippen molar-refractivity contribution in [2.75, 3.05) is 5.32 Å². The van der Waals surface area contributed by atoms with Crippen LogP contribution in [0.5, 0.6) is 0 Å². The van der Waals surface area contributed by atoms with E-state index in [1.165, 1.54) is 0 Å². The summed E-state index contributed by atoms with van der Waals surface area (Å²) in [7, 11) is 0. The molecule has 1 aromatic heterocycles. The Morgan fingerprint density at radius 1 is 1.43 bits per heavy atom. The van der Waals surface area contributed by atoms with Gasteiger partial charge in [0, 0.05) is 18.2 Å². The van der Waals surface area contributed by atoms with Crippen molar-refractivity contribution >= 4 is 39.3 Å². The van der Waals surface area contributed by atoms with Crippen LogP contribution in [0.15, 0.2) is 10.7 Å². The van der Waals surface area contributed by atoms with E-state index in [9.17, 15) is 4.79 Å². The average Bonchev–Trinajstić information content (AvgIpc) is 2.88. The molecule has 0 saturated heterocycles. The van der Waals surface area contributed by atoms with Gasteiger partial charge in [0.15, 0.2) is 0 Å². The van der Waals surface area contributed by atoms with E-state index in [4.69, 9.17) is 16.3 Å². The number of carbonyl (C=O) groups is 1. The maximum Gasteiger partial charge on any atom is 0.306 e. The SMILES string of the molecule is CC(C)(C)OC(=O)CCC1(Nc2nc(Cl)ncc2Br)CCCC1. The molecule has 1 aliphatic carbocycles. The number of hydrogen-bond donors (Lipinski definition) is 1. The second kappa shape index (κ2) is 7.34. The minimum atomic E-state index is -0.448. The van der Waals surface area contributed by atoms with Crippen molar-refractivity contribution in [1.82, 2.24) is 9.97 Å². The van der Waals surface area contributed by atoms with E-state index in [-0.39, 0.29) is 16.8 Å². The van der Waals surface area contributed by atoms with Crippen LogP contribution >= 0.6 is 27.5 Å². The van der Waals surface area contributed by atoms with E-state index in [0.29, 0.717) is 12.2 Å². The third-order valence-electron chi connectivity index (χ3n) is 3.89. The number of halogens is 2. The highest BCUT2D eigenvalue weighted by Crippen LogP contribution is 2.38. The Morgan fingerprint density at radius 3 is 2.70 bits per heavy atom. The molecule has 1 fully saturated rings. The lowest BCUT2D eigenvalue weighted by Crippen LogP contribution is -2.37. The largest absolute Gasteiger partial charge is 0.460 e. The van der Waals surface area contributed by atoms with Gasteiger partial charge in [0.1, 0.15) is 11.4 Å². The zero-order valence-corrected chi connectivity index (χ0v) is 16.1. The summed E-state index contributed by atoms with van der Waals surface area (Å²) in [6, 6.07) is 0. The van der Waals surface area contributed by atoms with E-state index in [1.54, 1.807) is 6.20 Å². The molecule has 1 aliphatic rings. The van der Waals surface area contributed by atoms with Crippen LogP contribution in [-0.4, -0.2) is 27.1 Å². The van der Waals surface area contributed by atoms with Crippen LogP contribution in [0.4, 0.5) is 5.82 Å². The van der Waals surface area contributed by atoms with Gasteiger partial charge in [-0.05, 0) is 67.6 Å². The van der Waals surface area contributed by atoms with Gasteiger partial charge in [0.05, 0.1) is 4.47 Å². The van der Waals surface area contributed by atoms with Crippen LogP contribution in [0.3, 0.4) is 0 Å². The molecule has 0 radical (unpaired) electrons. The first-order chi connectivity index (χ1) is 10.7. The van der Waals surface area contributed by atoms with E-state index in [2.05, 4.69) is 31.2 Å². The van der Waals surface area contributed by atoms with E-state index in [1.807, 2.05) is 20.8 Å². The normalized spacial score (nSPS) is 17.1. The number of aromatic nitrogens is 2. The van der Waals surface area contributed by atoms with Crippen molar-refractivity contribution < 1.29 is 9.53 Å². The van der Waals surface area contributed by atoms with Gasteiger partial charge in [0.2, 0.25) is 5.28 Å². The molecular weight excluding hydrogens is 382 g/mol. The summed E-state index contributed by atoms with van der Waals surface area (Å²) in [5.41, 5.74) is -0.590. The molecule has 1 N–H and O–H groups in total. The summed E-state index contributed by atoms with van der Waals surface area (Å²) in [5, 5.41) is 3.70. The number of ether oxygens (including phenoxy) is 1. The number of esters is 1. The Labute approximate surface area is 150 Å². The van der Waals surface area contributed by atoms with Crippen LogP contribution in [0.2, 0.25) is 5.28 Å². The molecule has 1 heterocycles. The molecular formula is C16H23BrClN3O2. The van der Waals surface area contributed by atoms with Gasteiger partial charge in [-0.25, -0.2) is 4.98 Å². The number of hydrogen-bond acceptors (Lipinski definition) is 5. The highest BCUT2D eigenvalue weighted by atomic mass is 79.9. The lowest BCUT2D eigenvalue weighted by molar-refractivity contribution is -0.155. The van der Waals surface area contributed by atoms with Crippen molar-refractivity contribution in [1.29, 1.82) is 0 Å². The van der Waals surface area contributed by atoms with E-state index >= 15 is 0 Å². The third-order valence-corrected chi connectivity index (χ3v) is 4.65. The predicted octanol–water partition coefficient (Wildman–Crippen LogP) is 4.74. The summed E-state index contributed by atoms with van der Waals surface area (Å²) < 4.78 is 6.18. The first-order valence-corrected chi connectivity index (χ1v) is 9.04. The minimum Gasteiger partial charge on any atom is -0.460 e. The first-order valence-electron chi connectivity index (χ1n) is 7.87. The van der Waals surface area contributed by atoms with Crippen LogP contribution in [0.1, 0.15) is 59.3 Å². The number of carbonyl (C=O) groups excluding carboxylic acids is 1. The maximum absolute atomic E-state index is 12.0. The average molecular weight is 405 g/mol. The zero-order valence-electron chi connectivity index (χ0n) is 13.8. The summed E-state index contributed by atoms with van der Waals surface area (Å²) in [6.45, 7) is 5.65. The van der Waals surface area contributed by atoms with Gasteiger partial charge in [-0.15, -0.1) is 0 Å². The second-order valence-corrected chi connectivity index (χ2v) is 8.23. The number of anilines is 1. The van der Waals surface area contributed by atoms with Crippen molar-refractivity contribution in [3.05, 3.63) is 16.0 Å². The highest BCUT2D eigenvalue weighted by molar-refractivity contribution is 9.10. The summed E-state index contributed by atoms with van der Waals surface area (Å²) in [6.07, 6.45) is 7.02. The Hall–Kier alpha value is -0.880. The zero-order chi connectivity index (χ0) is 17.1. The fourth-order valence-electron chi connectivity index (χ4n) is 2.91. The molecule has 0 atom stereocenters. The Balaban J connectivity index is 2.05. The van der Waals surface area contributed by atoms with Crippen molar-refractivity contribution in [2.24, 2.45) is 0 Å². The van der Waals surface area contributed by atoms with Crippen molar-refractivity contribution in [2.45, 2.75) is 70.4 Å². The lowest BCUT2D eigenvalue weighted by atomic mass is 9.91. The number of rotatable bonds is 5. The quantitative estimate of drug-likeness (QED) is 0.567. The second-order valence-electron chi connectivity index (χ2n) is 7.03. The molecule has 2 rings (SSSR count). The number of nitrogens with one attached hydrogen (secondary N) is 1. The number of nitrogens with zero attached hydrogens (tertiary/aromatic N) is 2. The fourth-order valence-corrected chi connectivity index (χ4v) is 3.33. The Morgan fingerprint density at radius 2 is 2.09 bits per heavy atom. The van der Waals surface area contributed by atoms with Crippen molar-refractivity contribution in [3.8, 4) is 0 Å². The maximum atomic E-state index is 12.0. The molecule has 0 amide bonds. The molecule has 0 unspecified atom stereocenters. The van der Waals surface area contributed by atoms with E-state index < -0.39 is 5.60 Å². The van der Waals surface area contributed by atoms with Crippen LogP contribution in [0.25, 0.3) is 0 Å². The fraction of sp³-hybridized carbons (Fsp3) is 0.688. The molecule has 7 heteroatoms. The van der Waals surface area contributed by atoms with Gasteiger partial charge in [-0.3, -0.25) is 4.79 Å². The summed E-state index contributed by atoms with van der Waals surface area (Å²) in [4.78, 5) is 20.2. The predicted molar refractivity (Wildman–Crippen MR) is 94.6 cm³/mol. The minimum absolute atomic E-state index is 0.142. The molecule has 128 valence electrons. The third kappa shape index (κ3) is 5.60. The van der Waals surface area contributed by atoms with Gasteiger partial charge < -0.3 is 10.1 Å². The van der Waals surface area contributed by atoms with Gasteiger partial charge in [-0.1, -0.05) is 12.8 Å². The van der Waals surface area contributed by atoms with Crippen molar-refractivity contribution in [3.63, 3.8) is 0 Å². The Kier molecular flexibility index (Phi) is 5.89. The molecule has 1 aromatic rings. The Bertz CT molecular complexity index is 569. The van der Waals surface area contributed by atoms with Crippen LogP contribution in [0, 0.1) is 0 Å². The molecule has 0 spiro atoms. The molecule has 0 bridgehead atoms. The lowest BCUT2D eigenvalue weighted by Gasteiger charge is -2.31. The monoisotopic (exact) mass is 403 g/mol. The molecule has 0 aromatic carbocycles. The molecule has 0 aliphatic heterocycles. The van der Waals surface area contributed by atoms with E-state index in [0.717, 1.165) is 36.6 Å².